The third-order valence-corrected chi connectivity index (χ3v) is 17.7. The Kier molecular flexibility index (Phi) is 11.5. The molecule has 53 heavy (non-hydrogen) atoms. The van der Waals surface area contributed by atoms with Gasteiger partial charge in [0.05, 0.1) is 6.04 Å². The number of nitrogens with two attached hydrogens (primary N) is 1. The molecular weight excluding hydrogens is 711 g/mol. The number of primary amides is 1. The number of carbonyl (C=O) groups excluding carboxylic acids is 5. The number of hydrogen-bond acceptors (Lipinski definition) is 8. The summed E-state index contributed by atoms with van der Waals surface area (Å²) >= 11 is 1.16. The molecule has 0 aromatic carbocycles. The van der Waals surface area contributed by atoms with Crippen LogP contribution in [-0.4, -0.2) is 73.0 Å². The first-order valence-electron chi connectivity index (χ1n) is 19.6. The summed E-state index contributed by atoms with van der Waals surface area (Å²) in [5, 5.41) is 1.72. The van der Waals surface area contributed by atoms with Crippen LogP contribution in [0.5, 0.6) is 0 Å². The van der Waals surface area contributed by atoms with Crippen LogP contribution in [0.3, 0.4) is 0 Å². The second-order valence-corrected chi connectivity index (χ2v) is 22.8. The molecule has 1 unspecified atom stereocenters. The Bertz CT molecular complexity index is 1700. The zero-order valence-electron chi connectivity index (χ0n) is 33.5. The van der Waals surface area contributed by atoms with Crippen LogP contribution in [-0.2, 0) is 34.0 Å². The van der Waals surface area contributed by atoms with Crippen molar-refractivity contribution in [2.75, 3.05) is 20.1 Å². The van der Waals surface area contributed by atoms with Crippen molar-refractivity contribution in [3.63, 3.8) is 0 Å². The Morgan fingerprint density at radius 3 is 2.06 bits per heavy atom. The number of thiophene rings is 1. The fourth-order valence-corrected chi connectivity index (χ4v) is 12.7. The average molecular weight is 774 g/mol. The number of hydrogen-bond donors (Lipinski definition) is 1. The van der Waals surface area contributed by atoms with E-state index in [1.165, 1.54) is 4.31 Å². The van der Waals surface area contributed by atoms with Gasteiger partial charge in [0.15, 0.2) is 5.78 Å². The molecule has 0 radical (unpaired) electrons. The molecule has 2 spiro atoms. The van der Waals surface area contributed by atoms with Gasteiger partial charge in [-0.25, -0.2) is 8.42 Å². The summed E-state index contributed by atoms with van der Waals surface area (Å²) in [6.07, 6.45) is 7.14. The van der Waals surface area contributed by atoms with Gasteiger partial charge < -0.3 is 10.6 Å². The maximum atomic E-state index is 15.0. The summed E-state index contributed by atoms with van der Waals surface area (Å²) in [7, 11) is -2.17. The lowest BCUT2D eigenvalue weighted by atomic mass is 9.73. The molecule has 3 aliphatic carbocycles. The molecule has 0 bridgehead atoms. The van der Waals surface area contributed by atoms with Crippen molar-refractivity contribution >= 4 is 50.5 Å². The summed E-state index contributed by atoms with van der Waals surface area (Å²) in [4.78, 5) is 70.3. The molecule has 5 rings (SSSR count). The molecule has 3 saturated carbocycles. The average Bonchev–Trinajstić information content (AvgIpc) is 3.50. The smallest absolute Gasteiger partial charge is 0.285 e. The van der Waals surface area contributed by atoms with Crippen molar-refractivity contribution in [1.29, 1.82) is 0 Å². The molecule has 1 aromatic heterocycles. The Hall–Kier alpha value is -2.44. The van der Waals surface area contributed by atoms with Crippen LogP contribution >= 0.6 is 11.3 Å². The number of rotatable bonds is 16. The summed E-state index contributed by atoms with van der Waals surface area (Å²) in [6, 6.07) is 2.53. The van der Waals surface area contributed by atoms with Crippen LogP contribution < -0.4 is 5.73 Å². The molecule has 1 aliphatic heterocycles. The van der Waals surface area contributed by atoms with Gasteiger partial charge in [0.2, 0.25) is 11.7 Å². The maximum absolute atomic E-state index is 15.0. The SMILES string of the molecule is CN(C[C@@H](CC(=O)C[C@H](C(=O)N1C[C@]2(C[C@H]1C(=O)CC(CC1CCC1)C(=O)C(N)=O)C(C)(C)C21CCC1)C(C)(C)C)C(C)(C)C)S(=O)(=O)c1cccs1. The molecule has 1 saturated heterocycles. The van der Waals surface area contributed by atoms with Gasteiger partial charge in [-0.05, 0) is 70.6 Å². The van der Waals surface area contributed by atoms with E-state index in [0.29, 0.717) is 19.4 Å². The highest BCUT2D eigenvalue weighted by atomic mass is 32.2. The van der Waals surface area contributed by atoms with Gasteiger partial charge in [0.25, 0.3) is 15.9 Å². The minimum atomic E-state index is -3.72. The summed E-state index contributed by atoms with van der Waals surface area (Å²) in [5.41, 5.74) is 4.21. The van der Waals surface area contributed by atoms with E-state index in [9.17, 15) is 32.4 Å². The van der Waals surface area contributed by atoms with Crippen molar-refractivity contribution in [3.8, 4) is 0 Å². The predicted octanol–water partition coefficient (Wildman–Crippen LogP) is 6.66. The molecule has 2 heterocycles. The van der Waals surface area contributed by atoms with E-state index in [1.807, 2.05) is 41.5 Å². The highest BCUT2D eigenvalue weighted by Crippen LogP contribution is 2.88. The van der Waals surface area contributed by atoms with Gasteiger partial charge in [-0.15, -0.1) is 11.3 Å². The normalized spacial score (nSPS) is 25.5. The Morgan fingerprint density at radius 2 is 1.60 bits per heavy atom. The van der Waals surface area contributed by atoms with Crippen LogP contribution in [0.4, 0.5) is 0 Å². The summed E-state index contributed by atoms with van der Waals surface area (Å²) in [5.74, 6) is -3.81. The van der Waals surface area contributed by atoms with Gasteiger partial charge in [-0.3, -0.25) is 24.0 Å². The van der Waals surface area contributed by atoms with Gasteiger partial charge in [-0.1, -0.05) is 87.1 Å². The number of nitrogens with zero attached hydrogens (tertiary/aromatic N) is 2. The molecule has 2 N–H and O–H groups in total. The number of carbonyl (C=O) groups is 5. The monoisotopic (exact) mass is 773 g/mol. The summed E-state index contributed by atoms with van der Waals surface area (Å²) < 4.78 is 28.1. The highest BCUT2D eigenvalue weighted by molar-refractivity contribution is 7.91. The molecule has 5 atom stereocenters. The number of fused-ring (bicyclic) bond motifs is 1. The zero-order chi connectivity index (χ0) is 39.5. The number of amides is 2. The minimum Gasteiger partial charge on any atom is -0.363 e. The van der Waals surface area contributed by atoms with E-state index < -0.39 is 50.4 Å². The van der Waals surface area contributed by atoms with E-state index >= 15 is 0 Å². The Balaban J connectivity index is 1.39. The number of ketones is 3. The molecule has 4 fully saturated rings. The van der Waals surface area contributed by atoms with Crippen molar-refractivity contribution in [1.82, 2.24) is 9.21 Å². The number of Topliss-reactive ketones (excluding diaryl/α,β-unsaturated/α-hetero) is 3. The Morgan fingerprint density at radius 1 is 0.962 bits per heavy atom. The van der Waals surface area contributed by atoms with Crippen LogP contribution in [0.25, 0.3) is 0 Å². The lowest BCUT2D eigenvalue weighted by Crippen LogP contribution is -2.48. The third-order valence-electron chi connectivity index (χ3n) is 14.5. The molecule has 4 aliphatic rings. The fraction of sp³-hybridized carbons (Fsp3) is 0.780. The highest BCUT2D eigenvalue weighted by Gasteiger charge is 2.85. The van der Waals surface area contributed by atoms with Gasteiger partial charge in [0, 0.05) is 56.7 Å². The lowest BCUT2D eigenvalue weighted by molar-refractivity contribution is -0.147. The second-order valence-electron chi connectivity index (χ2n) is 19.6. The molecule has 1 aromatic rings. The molecule has 10 nitrogen and oxygen atoms in total. The van der Waals surface area contributed by atoms with E-state index in [0.717, 1.165) is 49.9 Å². The first-order valence-corrected chi connectivity index (χ1v) is 21.9. The molecule has 2 amide bonds. The van der Waals surface area contributed by atoms with Crippen molar-refractivity contribution in [2.45, 2.75) is 136 Å². The molecular formula is C41H63N3O7S2. The van der Waals surface area contributed by atoms with E-state index in [-0.39, 0.29) is 75.6 Å². The van der Waals surface area contributed by atoms with Crippen LogP contribution in [0, 0.1) is 50.7 Å². The maximum Gasteiger partial charge on any atom is 0.285 e. The van der Waals surface area contributed by atoms with Gasteiger partial charge in [0.1, 0.15) is 9.99 Å². The van der Waals surface area contributed by atoms with E-state index in [1.54, 1.807) is 29.5 Å². The quantitative estimate of drug-likeness (QED) is 0.185. The standard InChI is InChI=1S/C41H63N3O7S2/c1-37(2,3)28(24-43(9)53(50,51)33-15-11-18-52-33)21-29(45)22-30(38(4,5)6)36(49)44-25-41(39(7,8)40(41)16-12-17-40)23-31(44)32(46)20-27(34(47)35(42)48)19-26-13-10-14-26/h11,15,18,26-28,30-31H,10,12-14,16-17,19-25H2,1-9H3,(H2,42,48)/t27?,28-,30-,31+,41-/m1/s1. The zero-order valence-corrected chi connectivity index (χ0v) is 35.1. The Labute approximate surface area is 321 Å². The minimum absolute atomic E-state index is 0.0281. The fourth-order valence-electron chi connectivity index (χ4n) is 10.3. The van der Waals surface area contributed by atoms with E-state index in [4.69, 9.17) is 5.73 Å². The largest absolute Gasteiger partial charge is 0.363 e. The lowest BCUT2D eigenvalue weighted by Gasteiger charge is -2.37. The van der Waals surface area contributed by atoms with Gasteiger partial charge >= 0.3 is 0 Å². The summed E-state index contributed by atoms with van der Waals surface area (Å²) in [6.45, 7) is 16.9. The predicted molar refractivity (Wildman–Crippen MR) is 206 cm³/mol. The number of likely N-dealkylation sites (tertiary alicyclic amines) is 1. The third kappa shape index (κ3) is 7.59. The van der Waals surface area contributed by atoms with Crippen LogP contribution in [0.15, 0.2) is 21.7 Å². The van der Waals surface area contributed by atoms with Crippen LogP contribution in [0.2, 0.25) is 0 Å². The first-order chi connectivity index (χ1) is 24.4. The number of sulfonamides is 1. The second kappa shape index (κ2) is 14.6. The van der Waals surface area contributed by atoms with Gasteiger partial charge in [-0.2, -0.15) is 4.31 Å². The van der Waals surface area contributed by atoms with E-state index in [2.05, 4.69) is 13.8 Å². The van der Waals surface area contributed by atoms with Crippen molar-refractivity contribution in [3.05, 3.63) is 17.5 Å². The van der Waals surface area contributed by atoms with Crippen LogP contribution in [0.1, 0.15) is 126 Å². The van der Waals surface area contributed by atoms with Crippen molar-refractivity contribution in [2.24, 2.45) is 56.5 Å². The molecule has 12 heteroatoms. The van der Waals surface area contributed by atoms with Crippen molar-refractivity contribution < 1.29 is 32.4 Å². The first kappa shape index (κ1) is 41.7. The topological polar surface area (TPSA) is 152 Å². The molecule has 296 valence electrons.